The summed E-state index contributed by atoms with van der Waals surface area (Å²) < 4.78 is 0. The van der Waals surface area contributed by atoms with Gasteiger partial charge in [0.1, 0.15) is 12.0 Å². The first-order valence-electron chi connectivity index (χ1n) is 11.1. The minimum Gasteiger partial charge on any atom is -0.393 e. The largest absolute Gasteiger partial charge is 0.393 e. The van der Waals surface area contributed by atoms with Crippen LogP contribution in [0.15, 0.2) is 91.3 Å². The van der Waals surface area contributed by atoms with Crippen molar-refractivity contribution in [1.82, 2.24) is 9.97 Å². The number of fused-ring (bicyclic) bond motifs is 1. The molecular formula is C27H27N5. The summed E-state index contributed by atoms with van der Waals surface area (Å²) in [6.07, 6.45) is 3.80. The molecule has 1 aliphatic rings. The van der Waals surface area contributed by atoms with Crippen LogP contribution in [-0.2, 0) is 19.5 Å². The highest BCUT2D eigenvalue weighted by Crippen LogP contribution is 2.38. The summed E-state index contributed by atoms with van der Waals surface area (Å²) in [6.45, 7) is 2.33. The number of aromatic nitrogens is 2. The Bertz CT molecular complexity index is 1140. The molecule has 5 nitrogen and oxygen atoms in total. The maximum absolute atomic E-state index is 6.77. The van der Waals surface area contributed by atoms with E-state index in [4.69, 9.17) is 5.73 Å². The van der Waals surface area contributed by atoms with Gasteiger partial charge in [-0.15, -0.1) is 0 Å². The summed E-state index contributed by atoms with van der Waals surface area (Å²) in [7, 11) is 0. The van der Waals surface area contributed by atoms with E-state index in [-0.39, 0.29) is 0 Å². The number of nitrogens with two attached hydrogens (primary N) is 1. The first kappa shape index (κ1) is 20.1. The van der Waals surface area contributed by atoms with Gasteiger partial charge in [-0.25, -0.2) is 9.97 Å². The summed E-state index contributed by atoms with van der Waals surface area (Å²) in [5.74, 6) is 1.55. The summed E-state index contributed by atoms with van der Waals surface area (Å²) in [6, 6.07) is 29.4. The van der Waals surface area contributed by atoms with E-state index in [1.807, 2.05) is 12.1 Å². The third-order valence-electron chi connectivity index (χ3n) is 5.94. The van der Waals surface area contributed by atoms with Gasteiger partial charge >= 0.3 is 0 Å². The minimum atomic E-state index is 0.621. The molecule has 0 saturated heterocycles. The molecule has 0 fully saturated rings. The van der Waals surface area contributed by atoms with Crippen LogP contribution in [0.4, 0.5) is 23.0 Å². The lowest BCUT2D eigenvalue weighted by atomic mass is 10.0. The Kier molecular flexibility index (Phi) is 5.71. The molecule has 0 aliphatic carbocycles. The monoisotopic (exact) mass is 421 g/mol. The highest BCUT2D eigenvalue weighted by molar-refractivity contribution is 5.81. The first-order valence-corrected chi connectivity index (χ1v) is 11.1. The molecule has 0 bridgehead atoms. The van der Waals surface area contributed by atoms with Crippen molar-refractivity contribution in [3.05, 3.63) is 108 Å². The molecule has 0 atom stereocenters. The van der Waals surface area contributed by atoms with Gasteiger partial charge in [0.2, 0.25) is 0 Å². The van der Waals surface area contributed by atoms with Crippen molar-refractivity contribution in [1.29, 1.82) is 0 Å². The fraction of sp³-hybridized carbons (Fsp3) is 0.185. The van der Waals surface area contributed by atoms with Gasteiger partial charge in [0.25, 0.3) is 0 Å². The summed E-state index contributed by atoms with van der Waals surface area (Å²) in [4.78, 5) is 13.7. The van der Waals surface area contributed by atoms with Gasteiger partial charge in [0, 0.05) is 25.3 Å². The standard InChI is InChI=1S/C27H27N5/c28-25-26(29-20-30-27(25)32-17-9-15-23-14-7-8-16-24(23)32)31(18-21-10-3-1-4-11-21)19-22-12-5-2-6-13-22/h1-8,10-14,16,20H,9,15,17-19,28H2. The second kappa shape index (κ2) is 9.10. The average molecular weight is 422 g/mol. The van der Waals surface area contributed by atoms with E-state index in [0.29, 0.717) is 18.8 Å². The van der Waals surface area contributed by atoms with Crippen LogP contribution in [-0.4, -0.2) is 16.5 Å². The molecule has 3 aromatic carbocycles. The predicted octanol–water partition coefficient (Wildman–Crippen LogP) is 5.35. The van der Waals surface area contributed by atoms with Crippen LogP contribution in [0, 0.1) is 0 Å². The lowest BCUT2D eigenvalue weighted by molar-refractivity contribution is 0.753. The van der Waals surface area contributed by atoms with Gasteiger partial charge in [-0.1, -0.05) is 78.9 Å². The average Bonchev–Trinajstić information content (AvgIpc) is 2.85. The van der Waals surface area contributed by atoms with Gasteiger partial charge in [-0.2, -0.15) is 0 Å². The van der Waals surface area contributed by atoms with E-state index in [9.17, 15) is 0 Å². The van der Waals surface area contributed by atoms with Crippen LogP contribution in [0.3, 0.4) is 0 Å². The number of rotatable bonds is 6. The van der Waals surface area contributed by atoms with Crippen LogP contribution in [0.25, 0.3) is 0 Å². The van der Waals surface area contributed by atoms with E-state index in [0.717, 1.165) is 31.0 Å². The van der Waals surface area contributed by atoms with Gasteiger partial charge in [-0.05, 0) is 35.6 Å². The number of benzene rings is 3. The number of hydrogen-bond acceptors (Lipinski definition) is 5. The highest BCUT2D eigenvalue weighted by atomic mass is 15.3. The van der Waals surface area contributed by atoms with Crippen molar-refractivity contribution in [3.63, 3.8) is 0 Å². The lowest BCUT2D eigenvalue weighted by Gasteiger charge is -2.32. The highest BCUT2D eigenvalue weighted by Gasteiger charge is 2.24. The Hall–Kier alpha value is -3.86. The quantitative estimate of drug-likeness (QED) is 0.455. The van der Waals surface area contributed by atoms with Crippen molar-refractivity contribution >= 4 is 23.0 Å². The van der Waals surface area contributed by atoms with Crippen LogP contribution >= 0.6 is 0 Å². The lowest BCUT2D eigenvalue weighted by Crippen LogP contribution is -2.29. The topological polar surface area (TPSA) is 58.3 Å². The summed E-state index contributed by atoms with van der Waals surface area (Å²) >= 11 is 0. The number of hydrogen-bond donors (Lipinski definition) is 1. The van der Waals surface area contributed by atoms with Crippen LogP contribution in [0.5, 0.6) is 0 Å². The van der Waals surface area contributed by atoms with E-state index in [1.54, 1.807) is 6.33 Å². The molecule has 1 aromatic heterocycles. The number of para-hydroxylation sites is 1. The number of aryl methyl sites for hydroxylation is 1. The Labute approximate surface area is 189 Å². The first-order chi connectivity index (χ1) is 15.8. The number of anilines is 4. The Balaban J connectivity index is 1.54. The molecule has 0 spiro atoms. The van der Waals surface area contributed by atoms with Crippen LogP contribution in [0.1, 0.15) is 23.1 Å². The fourth-order valence-electron chi connectivity index (χ4n) is 4.41. The normalized spacial score (nSPS) is 12.9. The van der Waals surface area contributed by atoms with Crippen molar-refractivity contribution in [3.8, 4) is 0 Å². The molecule has 0 unspecified atom stereocenters. The predicted molar refractivity (Wildman–Crippen MR) is 131 cm³/mol. The van der Waals surface area contributed by atoms with E-state index >= 15 is 0 Å². The molecule has 4 aromatic rings. The van der Waals surface area contributed by atoms with E-state index in [2.05, 4.69) is 92.6 Å². The molecule has 32 heavy (non-hydrogen) atoms. The van der Waals surface area contributed by atoms with Crippen molar-refractivity contribution in [2.45, 2.75) is 25.9 Å². The van der Waals surface area contributed by atoms with Crippen molar-refractivity contribution in [2.75, 3.05) is 22.1 Å². The van der Waals surface area contributed by atoms with E-state index < -0.39 is 0 Å². The van der Waals surface area contributed by atoms with Crippen LogP contribution in [0.2, 0.25) is 0 Å². The Morgan fingerprint density at radius 1 is 0.781 bits per heavy atom. The maximum Gasteiger partial charge on any atom is 0.161 e. The van der Waals surface area contributed by atoms with Gasteiger partial charge in [0.05, 0.1) is 0 Å². The molecule has 0 radical (unpaired) electrons. The smallest absolute Gasteiger partial charge is 0.161 e. The summed E-state index contributed by atoms with van der Waals surface area (Å²) in [5, 5.41) is 0. The van der Waals surface area contributed by atoms with Gasteiger partial charge in [0.15, 0.2) is 11.6 Å². The SMILES string of the molecule is Nc1c(N(Cc2ccccc2)Cc2ccccc2)ncnc1N1CCCc2ccccc21. The third-order valence-corrected chi connectivity index (χ3v) is 5.94. The van der Waals surface area contributed by atoms with Gasteiger partial charge < -0.3 is 15.5 Å². The zero-order valence-corrected chi connectivity index (χ0v) is 18.1. The van der Waals surface area contributed by atoms with Gasteiger partial charge in [-0.3, -0.25) is 0 Å². The number of nitrogens with zero attached hydrogens (tertiary/aromatic N) is 4. The third kappa shape index (κ3) is 4.14. The maximum atomic E-state index is 6.77. The van der Waals surface area contributed by atoms with Crippen molar-refractivity contribution in [2.24, 2.45) is 0 Å². The number of nitrogen functional groups attached to an aromatic ring is 1. The van der Waals surface area contributed by atoms with Crippen molar-refractivity contribution < 1.29 is 0 Å². The molecule has 5 heteroatoms. The Morgan fingerprint density at radius 2 is 1.41 bits per heavy atom. The molecule has 0 saturated carbocycles. The zero-order valence-electron chi connectivity index (χ0n) is 18.1. The second-order valence-electron chi connectivity index (χ2n) is 8.15. The van der Waals surface area contributed by atoms with Crippen LogP contribution < -0.4 is 15.5 Å². The zero-order chi connectivity index (χ0) is 21.8. The molecule has 0 amide bonds. The molecular weight excluding hydrogens is 394 g/mol. The Morgan fingerprint density at radius 3 is 2.09 bits per heavy atom. The molecule has 5 rings (SSSR count). The van der Waals surface area contributed by atoms with E-state index in [1.165, 1.54) is 22.4 Å². The summed E-state index contributed by atoms with van der Waals surface area (Å²) in [5.41, 5.74) is 12.3. The fourth-order valence-corrected chi connectivity index (χ4v) is 4.41. The molecule has 1 aliphatic heterocycles. The minimum absolute atomic E-state index is 0.621. The second-order valence-corrected chi connectivity index (χ2v) is 8.15. The molecule has 2 N–H and O–H groups in total. The molecule has 2 heterocycles. The molecule has 160 valence electrons.